The summed E-state index contributed by atoms with van der Waals surface area (Å²) in [4.78, 5) is 25.8. The number of hydrogen-bond acceptors (Lipinski definition) is 6. The number of rotatable bonds is 8. The van der Waals surface area contributed by atoms with Gasteiger partial charge < -0.3 is 20.5 Å². The molecule has 0 radical (unpaired) electrons. The van der Waals surface area contributed by atoms with Gasteiger partial charge in [-0.15, -0.1) is 11.3 Å². The molecule has 1 aromatic rings. The van der Waals surface area contributed by atoms with Crippen molar-refractivity contribution in [3.63, 3.8) is 0 Å². The molecule has 0 aliphatic heterocycles. The molecular formula is C10H15N3O4S. The first kappa shape index (κ1) is 14.6. The standard InChI is InChI=1S/C10H15N3O4S/c1-17-3-2-12-8(14)5-11-4-7-6-18-9(13-7)10(15)16/h6,11H,2-5H2,1H3,(H,12,14)(H,15,16). The van der Waals surface area contributed by atoms with Crippen molar-refractivity contribution in [2.45, 2.75) is 6.54 Å². The van der Waals surface area contributed by atoms with Crippen molar-refractivity contribution < 1.29 is 19.4 Å². The van der Waals surface area contributed by atoms with Gasteiger partial charge in [-0.3, -0.25) is 4.79 Å². The summed E-state index contributed by atoms with van der Waals surface area (Å²) >= 11 is 1.07. The first-order valence-corrected chi connectivity index (χ1v) is 6.15. The van der Waals surface area contributed by atoms with Gasteiger partial charge in [-0.2, -0.15) is 0 Å². The van der Waals surface area contributed by atoms with Gasteiger partial charge in [0.15, 0.2) is 0 Å². The quantitative estimate of drug-likeness (QED) is 0.562. The number of amides is 1. The van der Waals surface area contributed by atoms with Gasteiger partial charge in [0.05, 0.1) is 18.8 Å². The molecule has 1 rings (SSSR count). The van der Waals surface area contributed by atoms with Crippen LogP contribution in [0, 0.1) is 0 Å². The first-order valence-electron chi connectivity index (χ1n) is 5.27. The second-order valence-electron chi connectivity index (χ2n) is 3.40. The minimum Gasteiger partial charge on any atom is -0.476 e. The topological polar surface area (TPSA) is 101 Å². The van der Waals surface area contributed by atoms with E-state index in [1.807, 2.05) is 0 Å². The maximum atomic E-state index is 11.3. The molecule has 0 atom stereocenters. The maximum Gasteiger partial charge on any atom is 0.365 e. The number of aromatic nitrogens is 1. The summed E-state index contributed by atoms with van der Waals surface area (Å²) in [6.07, 6.45) is 0. The van der Waals surface area contributed by atoms with Crippen LogP contribution in [0.5, 0.6) is 0 Å². The number of aromatic carboxylic acids is 1. The van der Waals surface area contributed by atoms with Crippen LogP contribution >= 0.6 is 11.3 Å². The molecule has 1 heterocycles. The fourth-order valence-corrected chi connectivity index (χ4v) is 1.80. The fraction of sp³-hybridized carbons (Fsp3) is 0.500. The Balaban J connectivity index is 2.20. The van der Waals surface area contributed by atoms with E-state index in [9.17, 15) is 9.59 Å². The third-order valence-electron chi connectivity index (χ3n) is 1.95. The number of carboxylic acids is 1. The summed E-state index contributed by atoms with van der Waals surface area (Å²) in [7, 11) is 1.56. The molecule has 18 heavy (non-hydrogen) atoms. The second kappa shape index (κ2) is 7.75. The molecule has 0 saturated carbocycles. The van der Waals surface area contributed by atoms with Crippen molar-refractivity contribution in [1.82, 2.24) is 15.6 Å². The Labute approximate surface area is 108 Å². The van der Waals surface area contributed by atoms with Crippen molar-refractivity contribution in [3.8, 4) is 0 Å². The molecule has 0 saturated heterocycles. The molecule has 1 amide bonds. The van der Waals surface area contributed by atoms with Crippen LogP contribution < -0.4 is 10.6 Å². The monoisotopic (exact) mass is 273 g/mol. The average molecular weight is 273 g/mol. The maximum absolute atomic E-state index is 11.3. The Hall–Kier alpha value is -1.51. The number of hydrogen-bond donors (Lipinski definition) is 3. The van der Waals surface area contributed by atoms with Crippen LogP contribution in [0.2, 0.25) is 0 Å². The lowest BCUT2D eigenvalue weighted by Crippen LogP contribution is -2.35. The van der Waals surface area contributed by atoms with Gasteiger partial charge in [-0.25, -0.2) is 9.78 Å². The van der Waals surface area contributed by atoms with E-state index < -0.39 is 5.97 Å². The molecule has 0 fully saturated rings. The van der Waals surface area contributed by atoms with Crippen LogP contribution in [0.4, 0.5) is 0 Å². The Kier molecular flexibility index (Phi) is 6.26. The van der Waals surface area contributed by atoms with Gasteiger partial charge in [0.1, 0.15) is 0 Å². The average Bonchev–Trinajstić information content (AvgIpc) is 2.78. The van der Waals surface area contributed by atoms with Crippen molar-refractivity contribution in [3.05, 3.63) is 16.1 Å². The molecule has 0 spiro atoms. The normalized spacial score (nSPS) is 10.3. The third kappa shape index (κ3) is 5.21. The van der Waals surface area contributed by atoms with E-state index in [0.29, 0.717) is 25.4 Å². The largest absolute Gasteiger partial charge is 0.476 e. The van der Waals surface area contributed by atoms with E-state index >= 15 is 0 Å². The molecule has 0 aliphatic rings. The molecular weight excluding hydrogens is 258 g/mol. The molecule has 0 unspecified atom stereocenters. The van der Waals surface area contributed by atoms with E-state index in [0.717, 1.165) is 11.3 Å². The molecule has 3 N–H and O–H groups in total. The van der Waals surface area contributed by atoms with Crippen molar-refractivity contribution in [1.29, 1.82) is 0 Å². The van der Waals surface area contributed by atoms with Crippen molar-refractivity contribution in [2.75, 3.05) is 26.8 Å². The van der Waals surface area contributed by atoms with E-state index in [1.165, 1.54) is 0 Å². The second-order valence-corrected chi connectivity index (χ2v) is 4.25. The number of thiazole rings is 1. The molecule has 100 valence electrons. The van der Waals surface area contributed by atoms with Gasteiger partial charge in [0.25, 0.3) is 0 Å². The van der Waals surface area contributed by atoms with Gasteiger partial charge in [-0.1, -0.05) is 0 Å². The van der Waals surface area contributed by atoms with Crippen LogP contribution in [0.3, 0.4) is 0 Å². The molecule has 8 heteroatoms. The molecule has 0 aliphatic carbocycles. The van der Waals surface area contributed by atoms with Gasteiger partial charge in [-0.05, 0) is 0 Å². The smallest absolute Gasteiger partial charge is 0.365 e. The van der Waals surface area contributed by atoms with Crippen LogP contribution in [0.15, 0.2) is 5.38 Å². The summed E-state index contributed by atoms with van der Waals surface area (Å²) in [5.74, 6) is -1.18. The number of nitrogens with one attached hydrogen (secondary N) is 2. The molecule has 0 bridgehead atoms. The molecule has 7 nitrogen and oxygen atoms in total. The first-order chi connectivity index (χ1) is 8.63. The summed E-state index contributed by atoms with van der Waals surface area (Å²) in [5, 5.41) is 15.9. The zero-order valence-corrected chi connectivity index (χ0v) is 10.7. The number of carbonyl (C=O) groups excluding carboxylic acids is 1. The number of carboxylic acid groups (broad SMARTS) is 1. The summed E-state index contributed by atoms with van der Waals surface area (Å²) in [6, 6.07) is 0. The predicted molar refractivity (Wildman–Crippen MR) is 65.7 cm³/mol. The van der Waals surface area contributed by atoms with Crippen LogP contribution in [0.1, 0.15) is 15.5 Å². The zero-order chi connectivity index (χ0) is 13.4. The Morgan fingerprint density at radius 3 is 2.94 bits per heavy atom. The van der Waals surface area contributed by atoms with Crippen LogP contribution in [-0.4, -0.2) is 48.8 Å². The Bertz CT molecular complexity index is 408. The summed E-state index contributed by atoms with van der Waals surface area (Å²) in [5.41, 5.74) is 0.613. The van der Waals surface area contributed by atoms with E-state index in [1.54, 1.807) is 12.5 Å². The van der Waals surface area contributed by atoms with E-state index in [2.05, 4.69) is 15.6 Å². The van der Waals surface area contributed by atoms with E-state index in [-0.39, 0.29) is 17.5 Å². The lowest BCUT2D eigenvalue weighted by molar-refractivity contribution is -0.120. The number of ether oxygens (including phenoxy) is 1. The van der Waals surface area contributed by atoms with Gasteiger partial charge in [0, 0.05) is 25.6 Å². The van der Waals surface area contributed by atoms with Gasteiger partial charge in [0.2, 0.25) is 10.9 Å². The van der Waals surface area contributed by atoms with Crippen molar-refractivity contribution in [2.24, 2.45) is 0 Å². The highest BCUT2D eigenvalue weighted by Crippen LogP contribution is 2.08. The highest BCUT2D eigenvalue weighted by Gasteiger charge is 2.08. The third-order valence-corrected chi connectivity index (χ3v) is 2.83. The summed E-state index contributed by atoms with van der Waals surface area (Å²) < 4.78 is 4.79. The highest BCUT2D eigenvalue weighted by molar-refractivity contribution is 7.11. The summed E-state index contributed by atoms with van der Waals surface area (Å²) in [6.45, 7) is 1.46. The fourth-order valence-electron chi connectivity index (χ4n) is 1.15. The minimum atomic E-state index is -1.04. The van der Waals surface area contributed by atoms with Crippen molar-refractivity contribution >= 4 is 23.2 Å². The van der Waals surface area contributed by atoms with Crippen LogP contribution in [-0.2, 0) is 16.1 Å². The van der Waals surface area contributed by atoms with Gasteiger partial charge >= 0.3 is 5.97 Å². The van der Waals surface area contributed by atoms with E-state index in [4.69, 9.17) is 9.84 Å². The Morgan fingerprint density at radius 1 is 1.56 bits per heavy atom. The lowest BCUT2D eigenvalue weighted by Gasteiger charge is -2.04. The number of nitrogens with zero attached hydrogens (tertiary/aromatic N) is 1. The lowest BCUT2D eigenvalue weighted by atomic mass is 10.4. The SMILES string of the molecule is COCCNC(=O)CNCc1csc(C(=O)O)n1. The molecule has 0 aromatic carbocycles. The zero-order valence-electron chi connectivity index (χ0n) is 9.93. The Morgan fingerprint density at radius 2 is 2.33 bits per heavy atom. The highest BCUT2D eigenvalue weighted by atomic mass is 32.1. The van der Waals surface area contributed by atoms with Crippen LogP contribution in [0.25, 0.3) is 0 Å². The number of methoxy groups -OCH3 is 1. The molecule has 1 aromatic heterocycles. The predicted octanol–water partition coefficient (Wildman–Crippen LogP) is -0.306. The minimum absolute atomic E-state index is 0.0522. The number of carbonyl (C=O) groups is 2.